The van der Waals surface area contributed by atoms with Gasteiger partial charge in [-0.25, -0.2) is 4.79 Å². The molecule has 10 heteroatoms. The fourth-order valence-corrected chi connectivity index (χ4v) is 3.81. The molecule has 6 unspecified atom stereocenters. The molecule has 0 heterocycles. The number of benzene rings is 2. The molecule has 10 nitrogen and oxygen atoms in total. The highest BCUT2D eigenvalue weighted by molar-refractivity contribution is 5.94. The van der Waals surface area contributed by atoms with Gasteiger partial charge in [0.1, 0.15) is 24.2 Å². The summed E-state index contributed by atoms with van der Waals surface area (Å²) < 4.78 is 0. The number of nitrogens with one attached hydrogen (secondary N) is 3. The second-order valence-corrected chi connectivity index (χ2v) is 9.48. The molecule has 0 aliphatic heterocycles. The van der Waals surface area contributed by atoms with Gasteiger partial charge in [0.05, 0.1) is 6.10 Å². The van der Waals surface area contributed by atoms with Crippen LogP contribution in [0, 0.1) is 5.92 Å². The number of aliphatic carboxylic acids is 1. The number of carboxylic acid groups (broad SMARTS) is 1. The summed E-state index contributed by atoms with van der Waals surface area (Å²) >= 11 is 0. The highest BCUT2D eigenvalue weighted by Crippen LogP contribution is 2.12. The first-order chi connectivity index (χ1) is 18.0. The molecule has 206 valence electrons. The summed E-state index contributed by atoms with van der Waals surface area (Å²) in [7, 11) is 0. The van der Waals surface area contributed by atoms with Crippen molar-refractivity contribution in [3.63, 3.8) is 0 Å². The van der Waals surface area contributed by atoms with E-state index in [9.17, 15) is 29.4 Å². The maximum Gasteiger partial charge on any atom is 0.326 e. The molecule has 0 fully saturated rings. The fourth-order valence-electron chi connectivity index (χ4n) is 3.81. The van der Waals surface area contributed by atoms with Gasteiger partial charge in [0.25, 0.3) is 0 Å². The van der Waals surface area contributed by atoms with E-state index >= 15 is 0 Å². The van der Waals surface area contributed by atoms with E-state index in [1.165, 1.54) is 6.92 Å². The predicted molar refractivity (Wildman–Crippen MR) is 143 cm³/mol. The van der Waals surface area contributed by atoms with Crippen molar-refractivity contribution >= 4 is 23.7 Å². The second-order valence-electron chi connectivity index (χ2n) is 9.48. The largest absolute Gasteiger partial charge is 0.480 e. The Balaban J connectivity index is 2.23. The standard InChI is InChI=1S/C28H38N4O6/c1-4-17(2)24(27(36)31-22(28(37)38)16-20-13-9-6-10-14-20)32-25(34)21(15-19-11-7-5-8-12-19)30-26(35)23(29)18(3)33/h5-14,17-18,21-24,33H,4,15-16,29H2,1-3H3,(H,30,35)(H,31,36)(H,32,34)(H,37,38). The van der Waals surface area contributed by atoms with E-state index in [-0.39, 0.29) is 18.8 Å². The van der Waals surface area contributed by atoms with E-state index in [4.69, 9.17) is 5.73 Å². The first-order valence-electron chi connectivity index (χ1n) is 12.7. The number of carbonyl (C=O) groups excluding carboxylic acids is 3. The van der Waals surface area contributed by atoms with E-state index in [0.717, 1.165) is 11.1 Å². The molecule has 2 aromatic rings. The van der Waals surface area contributed by atoms with Crippen molar-refractivity contribution in [2.45, 2.75) is 70.3 Å². The smallest absolute Gasteiger partial charge is 0.326 e. The van der Waals surface area contributed by atoms with Gasteiger partial charge in [-0.3, -0.25) is 14.4 Å². The third-order valence-electron chi connectivity index (χ3n) is 6.43. The maximum absolute atomic E-state index is 13.4. The van der Waals surface area contributed by atoms with Gasteiger partial charge in [-0.1, -0.05) is 80.9 Å². The Morgan fingerprint density at radius 1 is 0.763 bits per heavy atom. The first kappa shape index (κ1) is 30.5. The van der Waals surface area contributed by atoms with Crippen molar-refractivity contribution < 1.29 is 29.4 Å². The van der Waals surface area contributed by atoms with Crippen LogP contribution in [-0.4, -0.2) is 64.2 Å². The lowest BCUT2D eigenvalue weighted by molar-refractivity contribution is -0.142. The molecule has 0 saturated heterocycles. The third kappa shape index (κ3) is 9.28. The second kappa shape index (κ2) is 14.8. The van der Waals surface area contributed by atoms with Gasteiger partial charge in [-0.2, -0.15) is 0 Å². The third-order valence-corrected chi connectivity index (χ3v) is 6.43. The minimum absolute atomic E-state index is 0.0764. The van der Waals surface area contributed by atoms with Crippen molar-refractivity contribution in [1.29, 1.82) is 0 Å². The monoisotopic (exact) mass is 526 g/mol. The average molecular weight is 527 g/mol. The molecule has 6 atom stereocenters. The Labute approximate surface area is 223 Å². The van der Waals surface area contributed by atoms with E-state index in [1.807, 2.05) is 19.1 Å². The molecule has 0 radical (unpaired) electrons. The predicted octanol–water partition coefficient (Wildman–Crippen LogP) is 0.765. The van der Waals surface area contributed by atoms with Gasteiger partial charge >= 0.3 is 5.97 Å². The molecule has 3 amide bonds. The number of carboxylic acids is 1. The van der Waals surface area contributed by atoms with Crippen LogP contribution in [0.15, 0.2) is 60.7 Å². The van der Waals surface area contributed by atoms with Gasteiger partial charge in [0.15, 0.2) is 0 Å². The molecule has 0 aliphatic rings. The lowest BCUT2D eigenvalue weighted by Gasteiger charge is -2.28. The summed E-state index contributed by atoms with van der Waals surface area (Å²) in [4.78, 5) is 51.1. The number of amides is 3. The molecule has 2 rings (SSSR count). The highest BCUT2D eigenvalue weighted by atomic mass is 16.4. The van der Waals surface area contributed by atoms with E-state index in [0.29, 0.717) is 6.42 Å². The highest BCUT2D eigenvalue weighted by Gasteiger charge is 2.33. The zero-order valence-electron chi connectivity index (χ0n) is 22.0. The van der Waals surface area contributed by atoms with Crippen LogP contribution in [-0.2, 0) is 32.0 Å². The summed E-state index contributed by atoms with van der Waals surface area (Å²) in [5.41, 5.74) is 7.26. The zero-order valence-corrected chi connectivity index (χ0v) is 22.0. The number of aliphatic hydroxyl groups is 1. The zero-order chi connectivity index (χ0) is 28.2. The summed E-state index contributed by atoms with van der Waals surface area (Å²) in [5, 5.41) is 27.3. The van der Waals surface area contributed by atoms with Crippen molar-refractivity contribution in [2.24, 2.45) is 11.7 Å². The van der Waals surface area contributed by atoms with Crippen molar-refractivity contribution in [3.8, 4) is 0 Å². The van der Waals surface area contributed by atoms with Gasteiger partial charge in [-0.15, -0.1) is 0 Å². The normalized spacial score (nSPS) is 15.7. The van der Waals surface area contributed by atoms with Gasteiger partial charge in [-0.05, 0) is 24.0 Å². The summed E-state index contributed by atoms with van der Waals surface area (Å²) in [6.45, 7) is 4.99. The van der Waals surface area contributed by atoms with Crippen LogP contribution in [0.5, 0.6) is 0 Å². The minimum Gasteiger partial charge on any atom is -0.480 e. The van der Waals surface area contributed by atoms with Crippen LogP contribution in [0.25, 0.3) is 0 Å². The SMILES string of the molecule is CCC(C)C(NC(=O)C(Cc1ccccc1)NC(=O)C(N)C(C)O)C(=O)NC(Cc1ccccc1)C(=O)O. The molecule has 0 saturated carbocycles. The van der Waals surface area contributed by atoms with Crippen molar-refractivity contribution in [1.82, 2.24) is 16.0 Å². The van der Waals surface area contributed by atoms with Crippen molar-refractivity contribution in [3.05, 3.63) is 71.8 Å². The minimum atomic E-state index is -1.25. The van der Waals surface area contributed by atoms with E-state index in [2.05, 4.69) is 16.0 Å². The Kier molecular flexibility index (Phi) is 11.9. The number of nitrogens with two attached hydrogens (primary N) is 1. The molecular formula is C28H38N4O6. The van der Waals surface area contributed by atoms with Crippen LogP contribution in [0.4, 0.5) is 0 Å². The molecule has 7 N–H and O–H groups in total. The van der Waals surface area contributed by atoms with Crippen LogP contribution < -0.4 is 21.7 Å². The van der Waals surface area contributed by atoms with Gasteiger partial charge < -0.3 is 31.9 Å². The Bertz CT molecular complexity index is 1060. The van der Waals surface area contributed by atoms with Crippen molar-refractivity contribution in [2.75, 3.05) is 0 Å². The molecule has 0 aliphatic carbocycles. The molecule has 2 aromatic carbocycles. The summed E-state index contributed by atoms with van der Waals surface area (Å²) in [5.74, 6) is -3.51. The van der Waals surface area contributed by atoms with Gasteiger partial charge in [0.2, 0.25) is 17.7 Å². The van der Waals surface area contributed by atoms with E-state index in [1.54, 1.807) is 55.5 Å². The Morgan fingerprint density at radius 3 is 1.68 bits per heavy atom. The Hall–Kier alpha value is -3.76. The maximum atomic E-state index is 13.4. The van der Waals surface area contributed by atoms with Crippen LogP contribution >= 0.6 is 0 Å². The van der Waals surface area contributed by atoms with Gasteiger partial charge in [0, 0.05) is 12.8 Å². The lowest BCUT2D eigenvalue weighted by Crippen LogP contribution is -2.60. The molecule has 0 aromatic heterocycles. The number of rotatable bonds is 14. The quantitative estimate of drug-likeness (QED) is 0.211. The fraction of sp³-hybridized carbons (Fsp3) is 0.429. The number of hydrogen-bond donors (Lipinski definition) is 6. The lowest BCUT2D eigenvalue weighted by atomic mass is 9.96. The number of carbonyl (C=O) groups is 4. The summed E-state index contributed by atoms with van der Waals surface area (Å²) in [6.07, 6.45) is -0.415. The average Bonchev–Trinajstić information content (AvgIpc) is 2.90. The molecule has 0 bridgehead atoms. The Morgan fingerprint density at radius 2 is 1.24 bits per heavy atom. The van der Waals surface area contributed by atoms with E-state index < -0.39 is 54.0 Å². The molecule has 0 spiro atoms. The number of aliphatic hydroxyl groups excluding tert-OH is 1. The summed E-state index contributed by atoms with van der Waals surface area (Å²) in [6, 6.07) is 13.3. The molecule has 38 heavy (non-hydrogen) atoms. The van der Waals surface area contributed by atoms with Crippen LogP contribution in [0.1, 0.15) is 38.3 Å². The topological polar surface area (TPSA) is 171 Å². The van der Waals surface area contributed by atoms with Crippen LogP contribution in [0.3, 0.4) is 0 Å². The number of hydrogen-bond acceptors (Lipinski definition) is 6. The first-order valence-corrected chi connectivity index (χ1v) is 12.7. The molecular weight excluding hydrogens is 488 g/mol. The van der Waals surface area contributed by atoms with Crippen LogP contribution in [0.2, 0.25) is 0 Å².